The topological polar surface area (TPSA) is 66.9 Å². The molecule has 0 bridgehead atoms. The molecule has 0 radical (unpaired) electrons. The molecule has 0 aliphatic heterocycles. The highest BCUT2D eigenvalue weighted by molar-refractivity contribution is 6.30. The van der Waals surface area contributed by atoms with Crippen molar-refractivity contribution in [3.63, 3.8) is 0 Å². The van der Waals surface area contributed by atoms with Crippen molar-refractivity contribution in [3.05, 3.63) is 76.8 Å². The fourth-order valence-corrected chi connectivity index (χ4v) is 2.34. The third kappa shape index (κ3) is 4.08. The molecule has 2 N–H and O–H groups in total. The van der Waals surface area contributed by atoms with Crippen molar-refractivity contribution in [2.45, 2.75) is 6.92 Å². The second-order valence-corrected chi connectivity index (χ2v) is 5.70. The Kier molecular flexibility index (Phi) is 4.72. The summed E-state index contributed by atoms with van der Waals surface area (Å²) >= 11 is 5.94. The van der Waals surface area contributed by atoms with Gasteiger partial charge in [0, 0.05) is 16.3 Å². The molecule has 2 aromatic carbocycles. The summed E-state index contributed by atoms with van der Waals surface area (Å²) in [4.78, 5) is 12.2. The van der Waals surface area contributed by atoms with E-state index in [4.69, 9.17) is 11.6 Å². The molecule has 1 heterocycles. The summed E-state index contributed by atoms with van der Waals surface area (Å²) in [5.41, 5.74) is 2.42. The monoisotopic (exact) mass is 338 g/mol. The highest BCUT2D eigenvalue weighted by atomic mass is 35.5. The standard InChI is InChI=1S/C18H15ClN4O/c1-12-4-2-5-13(10-12)18(24)21-17-9-8-16(22-23-17)20-15-7-3-6-14(19)11-15/h2-11H,1H3,(H,20,22)(H,21,23,24). The molecule has 0 unspecified atom stereocenters. The Hall–Kier alpha value is -2.92. The Morgan fingerprint density at radius 2 is 1.71 bits per heavy atom. The zero-order valence-corrected chi connectivity index (χ0v) is 13.7. The normalized spacial score (nSPS) is 10.2. The summed E-state index contributed by atoms with van der Waals surface area (Å²) in [5, 5.41) is 14.5. The van der Waals surface area contributed by atoms with Gasteiger partial charge in [-0.25, -0.2) is 0 Å². The first-order chi connectivity index (χ1) is 11.6. The molecule has 5 nitrogen and oxygen atoms in total. The van der Waals surface area contributed by atoms with E-state index in [9.17, 15) is 4.79 Å². The van der Waals surface area contributed by atoms with Gasteiger partial charge >= 0.3 is 0 Å². The maximum absolute atomic E-state index is 12.2. The number of rotatable bonds is 4. The average Bonchev–Trinajstić information content (AvgIpc) is 2.57. The van der Waals surface area contributed by atoms with E-state index in [0.29, 0.717) is 22.2 Å². The van der Waals surface area contributed by atoms with Crippen molar-refractivity contribution in [2.75, 3.05) is 10.6 Å². The number of amides is 1. The molecule has 0 spiro atoms. The lowest BCUT2D eigenvalue weighted by Crippen LogP contribution is -2.13. The first-order valence-corrected chi connectivity index (χ1v) is 7.72. The van der Waals surface area contributed by atoms with Crippen LogP contribution in [-0.2, 0) is 0 Å². The van der Waals surface area contributed by atoms with Crippen LogP contribution in [0.4, 0.5) is 17.3 Å². The minimum absolute atomic E-state index is 0.219. The quantitative estimate of drug-likeness (QED) is 0.738. The van der Waals surface area contributed by atoms with Gasteiger partial charge in [-0.3, -0.25) is 4.79 Å². The Balaban J connectivity index is 1.67. The molecule has 6 heteroatoms. The van der Waals surface area contributed by atoms with Gasteiger partial charge in [-0.05, 0) is 49.4 Å². The highest BCUT2D eigenvalue weighted by Crippen LogP contribution is 2.19. The average molecular weight is 339 g/mol. The van der Waals surface area contributed by atoms with Crippen LogP contribution in [0.2, 0.25) is 5.02 Å². The fourth-order valence-electron chi connectivity index (χ4n) is 2.15. The number of anilines is 3. The lowest BCUT2D eigenvalue weighted by atomic mass is 10.1. The van der Waals surface area contributed by atoms with Crippen LogP contribution < -0.4 is 10.6 Å². The molecule has 1 amide bonds. The van der Waals surface area contributed by atoms with Gasteiger partial charge in [0.2, 0.25) is 0 Å². The number of nitrogens with zero attached hydrogens (tertiary/aromatic N) is 2. The number of nitrogens with one attached hydrogen (secondary N) is 2. The lowest BCUT2D eigenvalue weighted by Gasteiger charge is -2.07. The van der Waals surface area contributed by atoms with Gasteiger partial charge in [0.25, 0.3) is 5.91 Å². The fraction of sp³-hybridized carbons (Fsp3) is 0.0556. The predicted octanol–water partition coefficient (Wildman–Crippen LogP) is 4.43. The number of aromatic nitrogens is 2. The van der Waals surface area contributed by atoms with E-state index in [1.165, 1.54) is 0 Å². The minimum Gasteiger partial charge on any atom is -0.339 e. The van der Waals surface area contributed by atoms with Crippen LogP contribution in [0, 0.1) is 6.92 Å². The van der Waals surface area contributed by atoms with Gasteiger partial charge in [-0.15, -0.1) is 10.2 Å². The molecule has 0 saturated heterocycles. The predicted molar refractivity (Wildman–Crippen MR) is 95.9 cm³/mol. The lowest BCUT2D eigenvalue weighted by molar-refractivity contribution is 0.102. The van der Waals surface area contributed by atoms with E-state index in [1.807, 2.05) is 37.3 Å². The van der Waals surface area contributed by atoms with E-state index in [2.05, 4.69) is 20.8 Å². The number of carbonyl (C=O) groups excluding carboxylic acids is 1. The molecule has 0 saturated carbocycles. The van der Waals surface area contributed by atoms with Gasteiger partial charge in [0.1, 0.15) is 0 Å². The van der Waals surface area contributed by atoms with Crippen molar-refractivity contribution in [2.24, 2.45) is 0 Å². The SMILES string of the molecule is Cc1cccc(C(=O)Nc2ccc(Nc3cccc(Cl)c3)nn2)c1. The number of hydrogen-bond donors (Lipinski definition) is 2. The van der Waals surface area contributed by atoms with E-state index in [-0.39, 0.29) is 5.91 Å². The highest BCUT2D eigenvalue weighted by Gasteiger charge is 2.07. The molecule has 24 heavy (non-hydrogen) atoms. The second-order valence-electron chi connectivity index (χ2n) is 5.26. The van der Waals surface area contributed by atoms with Crippen molar-refractivity contribution in [1.29, 1.82) is 0 Å². The summed E-state index contributed by atoms with van der Waals surface area (Å²) in [6.45, 7) is 1.94. The number of aryl methyl sites for hydroxylation is 1. The number of benzene rings is 2. The van der Waals surface area contributed by atoms with Crippen LogP contribution in [0.5, 0.6) is 0 Å². The van der Waals surface area contributed by atoms with Crippen molar-refractivity contribution < 1.29 is 4.79 Å². The molecule has 0 atom stereocenters. The summed E-state index contributed by atoms with van der Waals surface area (Å²) < 4.78 is 0. The Bertz CT molecular complexity index is 865. The summed E-state index contributed by atoms with van der Waals surface area (Å²) in [7, 11) is 0. The molecule has 0 aliphatic carbocycles. The molecular weight excluding hydrogens is 324 g/mol. The largest absolute Gasteiger partial charge is 0.339 e. The number of halogens is 1. The Morgan fingerprint density at radius 3 is 2.42 bits per heavy atom. The summed E-state index contributed by atoms with van der Waals surface area (Å²) in [5.74, 6) is 0.729. The third-order valence-electron chi connectivity index (χ3n) is 3.28. The zero-order chi connectivity index (χ0) is 16.9. The third-order valence-corrected chi connectivity index (χ3v) is 3.52. The van der Waals surface area contributed by atoms with Gasteiger partial charge in [-0.1, -0.05) is 35.4 Å². The van der Waals surface area contributed by atoms with Crippen LogP contribution in [0.15, 0.2) is 60.7 Å². The first kappa shape index (κ1) is 16.0. The second kappa shape index (κ2) is 7.10. The van der Waals surface area contributed by atoms with Crippen LogP contribution >= 0.6 is 11.6 Å². The van der Waals surface area contributed by atoms with Crippen LogP contribution in [0.1, 0.15) is 15.9 Å². The molecular formula is C18H15ClN4O. The van der Waals surface area contributed by atoms with E-state index >= 15 is 0 Å². The van der Waals surface area contributed by atoms with Gasteiger partial charge in [0.15, 0.2) is 11.6 Å². The van der Waals surface area contributed by atoms with Crippen molar-refractivity contribution in [3.8, 4) is 0 Å². The van der Waals surface area contributed by atoms with Crippen LogP contribution in [-0.4, -0.2) is 16.1 Å². The Labute approximate surface area is 144 Å². The summed E-state index contributed by atoms with van der Waals surface area (Å²) in [6.07, 6.45) is 0. The molecule has 3 aromatic rings. The molecule has 1 aromatic heterocycles. The smallest absolute Gasteiger partial charge is 0.256 e. The van der Waals surface area contributed by atoms with Crippen molar-refractivity contribution >= 4 is 34.8 Å². The molecule has 0 fully saturated rings. The summed E-state index contributed by atoms with van der Waals surface area (Å²) in [6, 6.07) is 18.1. The zero-order valence-electron chi connectivity index (χ0n) is 13.0. The van der Waals surface area contributed by atoms with E-state index in [0.717, 1.165) is 11.3 Å². The number of hydrogen-bond acceptors (Lipinski definition) is 4. The van der Waals surface area contributed by atoms with Gasteiger partial charge in [-0.2, -0.15) is 0 Å². The van der Waals surface area contributed by atoms with E-state index < -0.39 is 0 Å². The van der Waals surface area contributed by atoms with Gasteiger partial charge in [0.05, 0.1) is 0 Å². The van der Waals surface area contributed by atoms with Crippen LogP contribution in [0.25, 0.3) is 0 Å². The molecule has 3 rings (SSSR count). The van der Waals surface area contributed by atoms with Gasteiger partial charge < -0.3 is 10.6 Å². The maximum Gasteiger partial charge on any atom is 0.256 e. The Morgan fingerprint density at radius 1 is 0.958 bits per heavy atom. The van der Waals surface area contributed by atoms with Crippen LogP contribution in [0.3, 0.4) is 0 Å². The van der Waals surface area contributed by atoms with E-state index in [1.54, 1.807) is 30.3 Å². The van der Waals surface area contributed by atoms with Crippen molar-refractivity contribution in [1.82, 2.24) is 10.2 Å². The first-order valence-electron chi connectivity index (χ1n) is 7.34. The molecule has 120 valence electrons. The minimum atomic E-state index is -0.219. The number of carbonyl (C=O) groups is 1. The molecule has 0 aliphatic rings. The maximum atomic E-state index is 12.2.